The first kappa shape index (κ1) is 22.5. The third kappa shape index (κ3) is 13.3. The SMILES string of the molecule is CC(CCCCCCCCCCc1ccc(I)cc1)CCCC(=O)O. The van der Waals surface area contributed by atoms with Crippen LogP contribution in [0.1, 0.15) is 89.5 Å². The second kappa shape index (κ2) is 14.6. The van der Waals surface area contributed by atoms with Crippen LogP contribution >= 0.6 is 22.6 Å². The number of unbranched alkanes of at least 4 members (excludes halogenated alkanes) is 7. The standard InChI is InChI=1S/C22H35IO2/c1-19(12-10-14-22(24)25)11-8-6-4-2-3-5-7-9-13-20-15-17-21(23)18-16-20/h15-19H,2-14H2,1H3,(H,24,25). The van der Waals surface area contributed by atoms with Crippen molar-refractivity contribution in [1.82, 2.24) is 0 Å². The smallest absolute Gasteiger partial charge is 0.303 e. The summed E-state index contributed by atoms with van der Waals surface area (Å²) in [4.78, 5) is 10.5. The molecule has 1 aromatic carbocycles. The molecule has 25 heavy (non-hydrogen) atoms. The van der Waals surface area contributed by atoms with Gasteiger partial charge in [0.2, 0.25) is 0 Å². The summed E-state index contributed by atoms with van der Waals surface area (Å²) in [5.41, 5.74) is 1.47. The van der Waals surface area contributed by atoms with Gasteiger partial charge in [-0.05, 0) is 65.5 Å². The van der Waals surface area contributed by atoms with Gasteiger partial charge in [0.15, 0.2) is 0 Å². The van der Waals surface area contributed by atoms with Crippen LogP contribution in [0.3, 0.4) is 0 Å². The number of aryl methyl sites for hydroxylation is 1. The molecule has 0 aliphatic carbocycles. The topological polar surface area (TPSA) is 37.3 Å². The van der Waals surface area contributed by atoms with Crippen molar-refractivity contribution in [2.45, 2.75) is 90.4 Å². The van der Waals surface area contributed by atoms with Crippen LogP contribution < -0.4 is 0 Å². The zero-order chi connectivity index (χ0) is 18.3. The molecule has 0 amide bonds. The summed E-state index contributed by atoms with van der Waals surface area (Å²) in [6.45, 7) is 2.26. The highest BCUT2D eigenvalue weighted by molar-refractivity contribution is 14.1. The molecule has 0 aliphatic rings. The Hall–Kier alpha value is -0.580. The molecule has 0 aromatic heterocycles. The van der Waals surface area contributed by atoms with Gasteiger partial charge >= 0.3 is 5.97 Å². The number of carboxylic acid groups (broad SMARTS) is 1. The molecule has 0 aliphatic heterocycles. The number of benzene rings is 1. The Morgan fingerprint density at radius 1 is 0.880 bits per heavy atom. The Labute approximate surface area is 167 Å². The quantitative estimate of drug-likeness (QED) is 0.222. The Morgan fingerprint density at radius 2 is 1.40 bits per heavy atom. The summed E-state index contributed by atoms with van der Waals surface area (Å²) >= 11 is 2.36. The van der Waals surface area contributed by atoms with Gasteiger partial charge in [-0.3, -0.25) is 4.79 Å². The zero-order valence-corrected chi connectivity index (χ0v) is 18.0. The summed E-state index contributed by atoms with van der Waals surface area (Å²) < 4.78 is 1.32. The van der Waals surface area contributed by atoms with Crippen molar-refractivity contribution in [1.29, 1.82) is 0 Å². The van der Waals surface area contributed by atoms with Crippen molar-refractivity contribution >= 4 is 28.6 Å². The lowest BCUT2D eigenvalue weighted by molar-refractivity contribution is -0.137. The molecule has 1 atom stereocenters. The number of hydrogen-bond donors (Lipinski definition) is 1. The van der Waals surface area contributed by atoms with Crippen molar-refractivity contribution < 1.29 is 9.90 Å². The first-order chi connectivity index (χ1) is 12.1. The lowest BCUT2D eigenvalue weighted by atomic mass is 9.96. The molecule has 1 rings (SSSR count). The number of carbonyl (C=O) groups is 1. The number of halogens is 1. The third-order valence-electron chi connectivity index (χ3n) is 4.91. The largest absolute Gasteiger partial charge is 0.481 e. The number of aliphatic carboxylic acids is 1. The first-order valence-corrected chi connectivity index (χ1v) is 11.1. The maximum atomic E-state index is 10.5. The maximum absolute atomic E-state index is 10.5. The summed E-state index contributed by atoms with van der Waals surface area (Å²) in [6.07, 6.45) is 15.5. The molecule has 0 saturated heterocycles. The summed E-state index contributed by atoms with van der Waals surface area (Å²) in [5, 5.41) is 8.64. The van der Waals surface area contributed by atoms with Crippen LogP contribution in [0, 0.1) is 9.49 Å². The second-order valence-electron chi connectivity index (χ2n) is 7.38. The van der Waals surface area contributed by atoms with E-state index in [0.29, 0.717) is 12.3 Å². The van der Waals surface area contributed by atoms with E-state index in [1.165, 1.54) is 73.3 Å². The van der Waals surface area contributed by atoms with Gasteiger partial charge in [0, 0.05) is 9.99 Å². The number of rotatable bonds is 15. The van der Waals surface area contributed by atoms with E-state index < -0.39 is 5.97 Å². The van der Waals surface area contributed by atoms with Crippen LogP contribution in [0.15, 0.2) is 24.3 Å². The van der Waals surface area contributed by atoms with E-state index in [-0.39, 0.29) is 0 Å². The molecular weight excluding hydrogens is 423 g/mol. The highest BCUT2D eigenvalue weighted by Gasteiger charge is 2.04. The number of carboxylic acids is 1. The van der Waals surface area contributed by atoms with Gasteiger partial charge in [-0.25, -0.2) is 0 Å². The van der Waals surface area contributed by atoms with Gasteiger partial charge in [-0.1, -0.05) is 76.8 Å². The van der Waals surface area contributed by atoms with Gasteiger partial charge in [-0.15, -0.1) is 0 Å². The second-order valence-corrected chi connectivity index (χ2v) is 8.63. The van der Waals surface area contributed by atoms with Crippen molar-refractivity contribution in [3.05, 3.63) is 33.4 Å². The molecule has 0 radical (unpaired) electrons. The van der Waals surface area contributed by atoms with Crippen molar-refractivity contribution in [2.75, 3.05) is 0 Å². The molecule has 1 unspecified atom stereocenters. The first-order valence-electron chi connectivity index (χ1n) is 10.0. The van der Waals surface area contributed by atoms with Gasteiger partial charge in [0.25, 0.3) is 0 Å². The minimum atomic E-state index is -0.661. The zero-order valence-electron chi connectivity index (χ0n) is 15.8. The Balaban J connectivity index is 1.84. The number of hydrogen-bond acceptors (Lipinski definition) is 1. The molecule has 3 heteroatoms. The molecule has 0 saturated carbocycles. The average molecular weight is 458 g/mol. The molecular formula is C22H35IO2. The van der Waals surface area contributed by atoms with E-state index in [1.807, 2.05) is 0 Å². The summed E-state index contributed by atoms with van der Waals surface area (Å²) in [6, 6.07) is 8.90. The predicted octanol–water partition coefficient (Wildman–Crippen LogP) is 7.24. The van der Waals surface area contributed by atoms with Crippen molar-refractivity contribution in [3.63, 3.8) is 0 Å². The molecule has 0 bridgehead atoms. The Kier molecular flexibility index (Phi) is 13.1. The molecule has 2 nitrogen and oxygen atoms in total. The summed E-state index contributed by atoms with van der Waals surface area (Å²) in [5.74, 6) is 0.0198. The normalized spacial score (nSPS) is 12.2. The van der Waals surface area contributed by atoms with E-state index in [2.05, 4.69) is 53.8 Å². The van der Waals surface area contributed by atoms with Gasteiger partial charge in [-0.2, -0.15) is 0 Å². The minimum Gasteiger partial charge on any atom is -0.481 e. The van der Waals surface area contributed by atoms with Crippen LogP contribution in [-0.4, -0.2) is 11.1 Å². The lowest BCUT2D eigenvalue weighted by Crippen LogP contribution is -1.99. The molecule has 1 N–H and O–H groups in total. The van der Waals surface area contributed by atoms with Gasteiger partial charge in [0.1, 0.15) is 0 Å². The highest BCUT2D eigenvalue weighted by Crippen LogP contribution is 2.17. The van der Waals surface area contributed by atoms with Crippen LogP contribution in [0.4, 0.5) is 0 Å². The lowest BCUT2D eigenvalue weighted by Gasteiger charge is -2.10. The Morgan fingerprint density at radius 3 is 2.00 bits per heavy atom. The van der Waals surface area contributed by atoms with E-state index >= 15 is 0 Å². The van der Waals surface area contributed by atoms with Crippen LogP contribution in [0.5, 0.6) is 0 Å². The minimum absolute atomic E-state index is 0.327. The average Bonchev–Trinajstić information content (AvgIpc) is 2.58. The van der Waals surface area contributed by atoms with E-state index in [4.69, 9.17) is 5.11 Å². The molecule has 0 heterocycles. The molecule has 0 spiro atoms. The molecule has 142 valence electrons. The fourth-order valence-corrected chi connectivity index (χ4v) is 3.64. The predicted molar refractivity (Wildman–Crippen MR) is 115 cm³/mol. The van der Waals surface area contributed by atoms with Gasteiger partial charge in [0.05, 0.1) is 0 Å². The van der Waals surface area contributed by atoms with E-state index in [0.717, 1.165) is 12.8 Å². The fourth-order valence-electron chi connectivity index (χ4n) is 3.28. The van der Waals surface area contributed by atoms with E-state index in [1.54, 1.807) is 0 Å². The van der Waals surface area contributed by atoms with Crippen molar-refractivity contribution in [2.24, 2.45) is 5.92 Å². The third-order valence-corrected chi connectivity index (χ3v) is 5.63. The monoisotopic (exact) mass is 458 g/mol. The van der Waals surface area contributed by atoms with E-state index in [9.17, 15) is 4.79 Å². The molecule has 0 fully saturated rings. The Bertz CT molecular complexity index is 456. The van der Waals surface area contributed by atoms with Crippen molar-refractivity contribution in [3.8, 4) is 0 Å². The maximum Gasteiger partial charge on any atom is 0.303 e. The van der Waals surface area contributed by atoms with Crippen LogP contribution in [0.2, 0.25) is 0 Å². The molecule has 1 aromatic rings. The van der Waals surface area contributed by atoms with Crippen LogP contribution in [-0.2, 0) is 11.2 Å². The fraction of sp³-hybridized carbons (Fsp3) is 0.682. The van der Waals surface area contributed by atoms with Crippen LogP contribution in [0.25, 0.3) is 0 Å². The summed E-state index contributed by atoms with van der Waals surface area (Å²) in [7, 11) is 0. The van der Waals surface area contributed by atoms with Gasteiger partial charge < -0.3 is 5.11 Å². The highest BCUT2D eigenvalue weighted by atomic mass is 127.